The van der Waals surface area contributed by atoms with Crippen molar-refractivity contribution in [3.63, 3.8) is 0 Å². The first kappa shape index (κ1) is 26.3. The van der Waals surface area contributed by atoms with Crippen LogP contribution in [0.25, 0.3) is 0 Å². The molecule has 1 atom stereocenters. The predicted molar refractivity (Wildman–Crippen MR) is 130 cm³/mol. The third-order valence-electron chi connectivity index (χ3n) is 5.18. The average Bonchev–Trinajstić information content (AvgIpc) is 2.82. The highest BCUT2D eigenvalue weighted by Gasteiger charge is 2.14. The van der Waals surface area contributed by atoms with Crippen LogP contribution in [0.15, 0.2) is 23.2 Å². The van der Waals surface area contributed by atoms with E-state index in [0.29, 0.717) is 19.3 Å². The molecule has 0 radical (unpaired) electrons. The number of nitrogens with one attached hydrogen (secondary N) is 2. The first-order valence-corrected chi connectivity index (χ1v) is 12.3. The summed E-state index contributed by atoms with van der Waals surface area (Å²) >= 11 is 0. The Balaban J connectivity index is 1.90. The van der Waals surface area contributed by atoms with Gasteiger partial charge in [0.05, 0.1) is 25.4 Å². The van der Waals surface area contributed by atoms with Crippen molar-refractivity contribution in [1.29, 1.82) is 0 Å². The summed E-state index contributed by atoms with van der Waals surface area (Å²) < 4.78 is 23.1. The Morgan fingerprint density at radius 2 is 1.78 bits per heavy atom. The third-order valence-corrected chi connectivity index (χ3v) is 5.18. The average molecular weight is 450 g/mol. The second kappa shape index (κ2) is 15.8. The molecule has 1 heterocycles. The number of aliphatic imine (C=N–C) groups is 1. The number of ether oxygens (including phenoxy) is 4. The van der Waals surface area contributed by atoms with Crippen LogP contribution in [0.3, 0.4) is 0 Å². The summed E-state index contributed by atoms with van der Waals surface area (Å²) in [5, 5.41) is 6.84. The van der Waals surface area contributed by atoms with Crippen molar-refractivity contribution < 1.29 is 18.9 Å². The minimum Gasteiger partial charge on any atom is -0.490 e. The standard InChI is InChI=1S/C25H43N3O4/c1-5-14-31-23-10-9-21(19-24(23)32-15-6-2)20(4)28-25(26-7-3)27-13-8-16-30-22-11-17-29-18-12-22/h9-10,19-20,22H,5-8,11-18H2,1-4H3,(H2,26,27,28). The molecule has 2 rings (SSSR count). The van der Waals surface area contributed by atoms with Crippen LogP contribution in [0, 0.1) is 0 Å². The lowest BCUT2D eigenvalue weighted by atomic mass is 10.1. The van der Waals surface area contributed by atoms with Gasteiger partial charge in [-0.3, -0.25) is 4.99 Å². The van der Waals surface area contributed by atoms with Gasteiger partial charge in [0.1, 0.15) is 0 Å². The van der Waals surface area contributed by atoms with E-state index in [1.165, 1.54) is 0 Å². The van der Waals surface area contributed by atoms with Gasteiger partial charge in [-0.05, 0) is 63.6 Å². The van der Waals surface area contributed by atoms with Gasteiger partial charge < -0.3 is 29.6 Å². The van der Waals surface area contributed by atoms with Crippen molar-refractivity contribution >= 4 is 5.96 Å². The Kier molecular flexibility index (Phi) is 12.9. The van der Waals surface area contributed by atoms with E-state index < -0.39 is 0 Å². The van der Waals surface area contributed by atoms with Crippen molar-refractivity contribution in [3.05, 3.63) is 23.8 Å². The maximum absolute atomic E-state index is 5.95. The van der Waals surface area contributed by atoms with Gasteiger partial charge in [0.25, 0.3) is 0 Å². The normalized spacial score (nSPS) is 15.9. The monoisotopic (exact) mass is 449 g/mol. The molecule has 0 spiro atoms. The largest absolute Gasteiger partial charge is 0.490 e. The Labute approximate surface area is 194 Å². The molecule has 32 heavy (non-hydrogen) atoms. The fraction of sp³-hybridized carbons (Fsp3) is 0.720. The van der Waals surface area contributed by atoms with Crippen molar-refractivity contribution in [2.75, 3.05) is 46.1 Å². The fourth-order valence-electron chi connectivity index (χ4n) is 3.41. The van der Waals surface area contributed by atoms with E-state index in [1.54, 1.807) is 0 Å². The summed E-state index contributed by atoms with van der Waals surface area (Å²) in [5.74, 6) is 2.42. The maximum Gasteiger partial charge on any atom is 0.191 e. The van der Waals surface area contributed by atoms with Crippen LogP contribution in [0.1, 0.15) is 71.4 Å². The van der Waals surface area contributed by atoms with Gasteiger partial charge >= 0.3 is 0 Å². The fourth-order valence-corrected chi connectivity index (χ4v) is 3.41. The molecule has 0 saturated carbocycles. The summed E-state index contributed by atoms with van der Waals surface area (Å²) in [6.07, 6.45) is 5.17. The third kappa shape index (κ3) is 9.65. The van der Waals surface area contributed by atoms with E-state index >= 15 is 0 Å². The first-order valence-electron chi connectivity index (χ1n) is 12.3. The van der Waals surface area contributed by atoms with Gasteiger partial charge in [-0.1, -0.05) is 19.9 Å². The smallest absolute Gasteiger partial charge is 0.191 e. The zero-order chi connectivity index (χ0) is 23.0. The van der Waals surface area contributed by atoms with Gasteiger partial charge in [0.15, 0.2) is 17.5 Å². The van der Waals surface area contributed by atoms with Crippen molar-refractivity contribution in [2.24, 2.45) is 4.99 Å². The molecule has 1 aromatic rings. The minimum atomic E-state index is 0.0792. The van der Waals surface area contributed by atoms with Gasteiger partial charge in [-0.2, -0.15) is 0 Å². The van der Waals surface area contributed by atoms with E-state index in [0.717, 1.165) is 88.0 Å². The lowest BCUT2D eigenvalue weighted by Crippen LogP contribution is -2.38. The summed E-state index contributed by atoms with van der Waals surface area (Å²) in [6.45, 7) is 13.7. The van der Waals surface area contributed by atoms with Crippen LogP contribution < -0.4 is 20.1 Å². The van der Waals surface area contributed by atoms with Crippen LogP contribution in [0.5, 0.6) is 11.5 Å². The molecule has 7 nitrogen and oxygen atoms in total. The molecule has 2 N–H and O–H groups in total. The lowest BCUT2D eigenvalue weighted by molar-refractivity contribution is -0.0318. The molecule has 0 bridgehead atoms. The molecule has 7 heteroatoms. The van der Waals surface area contributed by atoms with Crippen molar-refractivity contribution in [2.45, 2.75) is 71.9 Å². The van der Waals surface area contributed by atoms with Gasteiger partial charge in [0, 0.05) is 32.9 Å². The molecule has 1 aliphatic rings. The van der Waals surface area contributed by atoms with Crippen LogP contribution >= 0.6 is 0 Å². The molecular weight excluding hydrogens is 406 g/mol. The van der Waals surface area contributed by atoms with Crippen molar-refractivity contribution in [1.82, 2.24) is 10.6 Å². The van der Waals surface area contributed by atoms with E-state index in [-0.39, 0.29) is 6.04 Å². The maximum atomic E-state index is 5.95. The van der Waals surface area contributed by atoms with E-state index in [1.807, 2.05) is 6.07 Å². The predicted octanol–water partition coefficient (Wildman–Crippen LogP) is 4.47. The molecule has 1 fully saturated rings. The molecule has 0 aromatic heterocycles. The number of guanidine groups is 1. The molecule has 0 amide bonds. The zero-order valence-corrected chi connectivity index (χ0v) is 20.5. The van der Waals surface area contributed by atoms with Gasteiger partial charge in [0.2, 0.25) is 0 Å². The highest BCUT2D eigenvalue weighted by molar-refractivity contribution is 5.80. The number of rotatable bonds is 14. The van der Waals surface area contributed by atoms with E-state index in [9.17, 15) is 0 Å². The Bertz CT molecular complexity index is 663. The van der Waals surface area contributed by atoms with Crippen LogP contribution in [0.4, 0.5) is 0 Å². The molecule has 182 valence electrons. The Hall–Kier alpha value is -1.99. The van der Waals surface area contributed by atoms with Gasteiger partial charge in [-0.25, -0.2) is 0 Å². The SMILES string of the molecule is CCCOc1ccc(C(C)NC(=NCCCOC2CCOCC2)NCC)cc1OCCC. The number of hydrogen-bond donors (Lipinski definition) is 2. The van der Waals surface area contributed by atoms with Crippen LogP contribution in [-0.4, -0.2) is 58.2 Å². The molecular formula is C25H43N3O4. The molecule has 1 unspecified atom stereocenters. The zero-order valence-electron chi connectivity index (χ0n) is 20.5. The lowest BCUT2D eigenvalue weighted by Gasteiger charge is -2.22. The minimum absolute atomic E-state index is 0.0792. The van der Waals surface area contributed by atoms with Crippen LogP contribution in [-0.2, 0) is 9.47 Å². The molecule has 1 aliphatic heterocycles. The highest BCUT2D eigenvalue weighted by atomic mass is 16.5. The van der Waals surface area contributed by atoms with Crippen LogP contribution in [0.2, 0.25) is 0 Å². The Morgan fingerprint density at radius 3 is 2.47 bits per heavy atom. The van der Waals surface area contributed by atoms with E-state index in [4.69, 9.17) is 23.9 Å². The summed E-state index contributed by atoms with van der Waals surface area (Å²) in [5.41, 5.74) is 1.13. The molecule has 1 saturated heterocycles. The second-order valence-electron chi connectivity index (χ2n) is 8.07. The number of nitrogens with zero attached hydrogens (tertiary/aromatic N) is 1. The van der Waals surface area contributed by atoms with Crippen molar-refractivity contribution in [3.8, 4) is 11.5 Å². The highest BCUT2D eigenvalue weighted by Crippen LogP contribution is 2.31. The second-order valence-corrected chi connectivity index (χ2v) is 8.07. The molecule has 0 aliphatic carbocycles. The number of hydrogen-bond acceptors (Lipinski definition) is 5. The first-order chi connectivity index (χ1) is 15.7. The number of benzene rings is 1. The quantitative estimate of drug-likeness (QED) is 0.248. The topological polar surface area (TPSA) is 73.3 Å². The summed E-state index contributed by atoms with van der Waals surface area (Å²) in [6, 6.07) is 6.25. The van der Waals surface area contributed by atoms with E-state index in [2.05, 4.69) is 50.5 Å². The van der Waals surface area contributed by atoms with Gasteiger partial charge in [-0.15, -0.1) is 0 Å². The summed E-state index contributed by atoms with van der Waals surface area (Å²) in [4.78, 5) is 4.73. The summed E-state index contributed by atoms with van der Waals surface area (Å²) in [7, 11) is 0. The molecule has 1 aromatic carbocycles. The Morgan fingerprint density at radius 1 is 1.06 bits per heavy atom.